The van der Waals surface area contributed by atoms with Gasteiger partial charge < -0.3 is 10.4 Å². The average Bonchev–Trinajstić information content (AvgIpc) is 2.36. The van der Waals surface area contributed by atoms with Crippen molar-refractivity contribution in [1.29, 1.82) is 0 Å². The van der Waals surface area contributed by atoms with Crippen LogP contribution < -0.4 is 5.32 Å². The molecule has 19 heavy (non-hydrogen) atoms. The highest BCUT2D eigenvalue weighted by atomic mass is 19.1. The van der Waals surface area contributed by atoms with Gasteiger partial charge in [0, 0.05) is 17.7 Å². The number of benzene rings is 1. The molecule has 0 bridgehead atoms. The molecular formula is C16H24FNO. The summed E-state index contributed by atoms with van der Waals surface area (Å²) in [7, 11) is 0. The molecule has 3 heteroatoms. The van der Waals surface area contributed by atoms with Crippen molar-refractivity contribution in [2.45, 2.75) is 45.6 Å². The maximum atomic E-state index is 13.0. The number of hydrogen-bond donors (Lipinski definition) is 2. The quantitative estimate of drug-likeness (QED) is 0.862. The monoisotopic (exact) mass is 265 g/mol. The molecule has 1 aliphatic rings. The van der Waals surface area contributed by atoms with E-state index in [2.05, 4.69) is 12.2 Å². The fourth-order valence-corrected chi connectivity index (χ4v) is 3.08. The van der Waals surface area contributed by atoms with Crippen molar-refractivity contribution in [1.82, 2.24) is 5.32 Å². The molecule has 1 aromatic carbocycles. The lowest BCUT2D eigenvalue weighted by atomic mass is 9.82. The summed E-state index contributed by atoms with van der Waals surface area (Å²) >= 11 is 0. The SMILES string of the molecule is CC1CCCC(CNC(C)c2ccc(F)cc2O)C1. The predicted octanol–water partition coefficient (Wildman–Crippen LogP) is 4.01. The van der Waals surface area contributed by atoms with E-state index >= 15 is 0 Å². The zero-order valence-electron chi connectivity index (χ0n) is 11.8. The Bertz CT molecular complexity index is 421. The highest BCUT2D eigenvalue weighted by molar-refractivity contribution is 5.34. The van der Waals surface area contributed by atoms with Crippen LogP contribution in [-0.2, 0) is 0 Å². The molecule has 106 valence electrons. The second-order valence-corrected chi connectivity index (χ2v) is 5.97. The first-order valence-electron chi connectivity index (χ1n) is 7.28. The summed E-state index contributed by atoms with van der Waals surface area (Å²) in [6, 6.07) is 4.29. The number of halogens is 1. The third-order valence-electron chi connectivity index (χ3n) is 4.22. The molecule has 1 fully saturated rings. The molecule has 1 aliphatic carbocycles. The Morgan fingerprint density at radius 3 is 2.89 bits per heavy atom. The van der Waals surface area contributed by atoms with E-state index in [4.69, 9.17) is 0 Å². The lowest BCUT2D eigenvalue weighted by Crippen LogP contribution is -2.28. The van der Waals surface area contributed by atoms with Gasteiger partial charge in [0.1, 0.15) is 11.6 Å². The molecule has 1 saturated carbocycles. The van der Waals surface area contributed by atoms with Gasteiger partial charge in [-0.2, -0.15) is 0 Å². The van der Waals surface area contributed by atoms with Crippen molar-refractivity contribution in [3.63, 3.8) is 0 Å². The van der Waals surface area contributed by atoms with Gasteiger partial charge in [-0.1, -0.05) is 25.8 Å². The van der Waals surface area contributed by atoms with E-state index in [1.165, 1.54) is 37.8 Å². The van der Waals surface area contributed by atoms with E-state index in [9.17, 15) is 9.50 Å². The predicted molar refractivity (Wildman–Crippen MR) is 75.6 cm³/mol. The summed E-state index contributed by atoms with van der Waals surface area (Å²) in [6.45, 7) is 5.31. The molecule has 0 amide bonds. The topological polar surface area (TPSA) is 32.3 Å². The van der Waals surface area contributed by atoms with Gasteiger partial charge in [-0.25, -0.2) is 4.39 Å². The van der Waals surface area contributed by atoms with Crippen molar-refractivity contribution >= 4 is 0 Å². The minimum Gasteiger partial charge on any atom is -0.508 e. The van der Waals surface area contributed by atoms with Crippen LogP contribution in [0.1, 0.15) is 51.1 Å². The Kier molecular flexibility index (Phi) is 4.81. The second-order valence-electron chi connectivity index (χ2n) is 5.97. The first-order chi connectivity index (χ1) is 9.06. The van der Waals surface area contributed by atoms with Crippen molar-refractivity contribution in [2.75, 3.05) is 6.54 Å². The molecule has 3 unspecified atom stereocenters. The van der Waals surface area contributed by atoms with Crippen LogP contribution in [-0.4, -0.2) is 11.7 Å². The lowest BCUT2D eigenvalue weighted by molar-refractivity contribution is 0.268. The first-order valence-corrected chi connectivity index (χ1v) is 7.28. The molecule has 0 saturated heterocycles. The summed E-state index contributed by atoms with van der Waals surface area (Å²) in [5, 5.41) is 13.2. The number of phenolic OH excluding ortho intramolecular Hbond substituents is 1. The van der Waals surface area contributed by atoms with E-state index in [0.717, 1.165) is 23.9 Å². The lowest BCUT2D eigenvalue weighted by Gasteiger charge is -2.28. The maximum Gasteiger partial charge on any atom is 0.126 e. The number of rotatable bonds is 4. The third-order valence-corrected chi connectivity index (χ3v) is 4.22. The van der Waals surface area contributed by atoms with E-state index in [1.807, 2.05) is 6.92 Å². The zero-order chi connectivity index (χ0) is 13.8. The molecule has 0 radical (unpaired) electrons. The Balaban J connectivity index is 1.88. The fourth-order valence-electron chi connectivity index (χ4n) is 3.08. The Labute approximate surface area is 115 Å². The minimum atomic E-state index is -0.394. The van der Waals surface area contributed by atoms with Gasteiger partial charge in [0.05, 0.1) is 0 Å². The van der Waals surface area contributed by atoms with Crippen molar-refractivity contribution < 1.29 is 9.50 Å². The summed E-state index contributed by atoms with van der Waals surface area (Å²) < 4.78 is 13.0. The van der Waals surface area contributed by atoms with Crippen molar-refractivity contribution in [3.8, 4) is 5.75 Å². The first kappa shape index (κ1) is 14.3. The largest absolute Gasteiger partial charge is 0.508 e. The molecule has 2 rings (SSSR count). The molecule has 2 N–H and O–H groups in total. The standard InChI is InChI=1S/C16H24FNO/c1-11-4-3-5-13(8-11)10-18-12(2)15-7-6-14(17)9-16(15)19/h6-7,9,11-13,18-19H,3-5,8,10H2,1-2H3. The summed E-state index contributed by atoms with van der Waals surface area (Å²) in [5.74, 6) is 1.20. The Hall–Kier alpha value is -1.09. The van der Waals surface area contributed by atoms with Gasteiger partial charge in [-0.05, 0) is 44.2 Å². The van der Waals surface area contributed by atoms with Gasteiger partial charge >= 0.3 is 0 Å². The number of nitrogens with one attached hydrogen (secondary N) is 1. The number of hydrogen-bond acceptors (Lipinski definition) is 2. The van der Waals surface area contributed by atoms with Crippen molar-refractivity contribution in [3.05, 3.63) is 29.6 Å². The fraction of sp³-hybridized carbons (Fsp3) is 0.625. The van der Waals surface area contributed by atoms with Crippen LogP contribution in [0, 0.1) is 17.7 Å². The highest BCUT2D eigenvalue weighted by Gasteiger charge is 2.20. The average molecular weight is 265 g/mol. The number of aromatic hydroxyl groups is 1. The molecular weight excluding hydrogens is 241 g/mol. The Morgan fingerprint density at radius 2 is 2.21 bits per heavy atom. The summed E-state index contributed by atoms with van der Waals surface area (Å²) in [6.07, 6.45) is 5.25. The Morgan fingerprint density at radius 1 is 1.42 bits per heavy atom. The van der Waals surface area contributed by atoms with Crippen LogP contribution in [0.2, 0.25) is 0 Å². The molecule has 0 heterocycles. The van der Waals surface area contributed by atoms with E-state index in [0.29, 0.717) is 0 Å². The zero-order valence-corrected chi connectivity index (χ0v) is 11.8. The van der Waals surface area contributed by atoms with Crippen LogP contribution in [0.5, 0.6) is 5.75 Å². The third kappa shape index (κ3) is 3.93. The normalized spacial score (nSPS) is 25.2. The molecule has 0 aromatic heterocycles. The van der Waals surface area contributed by atoms with Crippen LogP contribution in [0.4, 0.5) is 4.39 Å². The molecule has 1 aromatic rings. The summed E-state index contributed by atoms with van der Waals surface area (Å²) in [5.41, 5.74) is 0.769. The molecule has 0 aliphatic heterocycles. The van der Waals surface area contributed by atoms with Crippen LogP contribution in [0.3, 0.4) is 0 Å². The van der Waals surface area contributed by atoms with Crippen LogP contribution in [0.15, 0.2) is 18.2 Å². The van der Waals surface area contributed by atoms with Crippen molar-refractivity contribution in [2.24, 2.45) is 11.8 Å². The maximum absolute atomic E-state index is 13.0. The van der Waals surface area contributed by atoms with Gasteiger partial charge in [0.15, 0.2) is 0 Å². The van der Waals surface area contributed by atoms with Gasteiger partial charge in [0.2, 0.25) is 0 Å². The van der Waals surface area contributed by atoms with E-state index in [1.54, 1.807) is 6.07 Å². The van der Waals surface area contributed by atoms with E-state index in [-0.39, 0.29) is 11.8 Å². The van der Waals surface area contributed by atoms with Crippen LogP contribution >= 0.6 is 0 Å². The smallest absolute Gasteiger partial charge is 0.126 e. The molecule has 2 nitrogen and oxygen atoms in total. The molecule has 3 atom stereocenters. The summed E-state index contributed by atoms with van der Waals surface area (Å²) in [4.78, 5) is 0. The van der Waals surface area contributed by atoms with Crippen LogP contribution in [0.25, 0.3) is 0 Å². The second kappa shape index (κ2) is 6.38. The minimum absolute atomic E-state index is 0.0389. The van der Waals surface area contributed by atoms with Gasteiger partial charge in [-0.15, -0.1) is 0 Å². The highest BCUT2D eigenvalue weighted by Crippen LogP contribution is 2.29. The van der Waals surface area contributed by atoms with E-state index < -0.39 is 5.82 Å². The number of phenols is 1. The van der Waals surface area contributed by atoms with Gasteiger partial charge in [-0.3, -0.25) is 0 Å². The van der Waals surface area contributed by atoms with Gasteiger partial charge in [0.25, 0.3) is 0 Å². The molecule has 0 spiro atoms.